The topological polar surface area (TPSA) is 84.5 Å². The third-order valence-corrected chi connectivity index (χ3v) is 6.10. The normalized spacial score (nSPS) is 27.9. The van der Waals surface area contributed by atoms with E-state index < -0.39 is 10.0 Å². The van der Waals surface area contributed by atoms with Gasteiger partial charge in [-0.2, -0.15) is 0 Å². The van der Waals surface area contributed by atoms with E-state index >= 15 is 0 Å². The Morgan fingerprint density at radius 1 is 1.29 bits per heavy atom. The summed E-state index contributed by atoms with van der Waals surface area (Å²) < 4.78 is 33.7. The van der Waals surface area contributed by atoms with Gasteiger partial charge < -0.3 is 10.1 Å². The summed E-state index contributed by atoms with van der Waals surface area (Å²) in [6.07, 6.45) is 2.52. The zero-order chi connectivity index (χ0) is 17.2. The lowest BCUT2D eigenvalue weighted by Gasteiger charge is -2.35. The second kappa shape index (κ2) is 7.21. The van der Waals surface area contributed by atoms with E-state index in [0.717, 1.165) is 24.0 Å². The lowest BCUT2D eigenvalue weighted by atomic mass is 9.93. The zero-order valence-electron chi connectivity index (χ0n) is 13.8. The third-order valence-electron chi connectivity index (χ3n) is 4.75. The molecule has 1 aromatic rings. The second-order valence-electron chi connectivity index (χ2n) is 6.59. The van der Waals surface area contributed by atoms with Gasteiger partial charge in [-0.05, 0) is 37.3 Å². The van der Waals surface area contributed by atoms with Crippen molar-refractivity contribution < 1.29 is 17.9 Å². The fourth-order valence-corrected chi connectivity index (χ4v) is 4.99. The van der Waals surface area contributed by atoms with E-state index in [-0.39, 0.29) is 29.8 Å². The summed E-state index contributed by atoms with van der Waals surface area (Å²) in [5.74, 6) is -0.0904. The van der Waals surface area contributed by atoms with Crippen LogP contribution in [0.4, 0.5) is 0 Å². The Kier molecular flexibility index (Phi) is 5.22. The number of carbonyl (C=O) groups is 1. The molecule has 0 bridgehead atoms. The van der Waals surface area contributed by atoms with E-state index in [1.165, 1.54) is 0 Å². The Labute approximate surface area is 143 Å². The molecule has 2 aliphatic rings. The molecule has 0 radical (unpaired) electrons. The Balaban J connectivity index is 1.72. The first-order valence-electron chi connectivity index (χ1n) is 8.40. The number of benzene rings is 1. The van der Waals surface area contributed by atoms with Crippen molar-refractivity contribution in [3.63, 3.8) is 0 Å². The van der Waals surface area contributed by atoms with Crippen molar-refractivity contribution in [2.24, 2.45) is 0 Å². The maximum absolute atomic E-state index is 12.6. The molecular weight excluding hydrogens is 328 g/mol. The van der Waals surface area contributed by atoms with Gasteiger partial charge in [0.25, 0.3) is 0 Å². The van der Waals surface area contributed by atoms with Crippen LogP contribution >= 0.6 is 0 Å². The van der Waals surface area contributed by atoms with Crippen molar-refractivity contribution in [1.29, 1.82) is 0 Å². The fraction of sp³-hybridized carbons (Fsp3) is 0.588. The fourth-order valence-electron chi connectivity index (χ4n) is 3.44. The first kappa shape index (κ1) is 17.4. The number of rotatable bonds is 5. The number of carbonyl (C=O) groups excluding carboxylic acids is 1. The minimum atomic E-state index is -3.49. The minimum Gasteiger partial charge on any atom is -0.376 e. The summed E-state index contributed by atoms with van der Waals surface area (Å²) in [5, 5.41) is 2.92. The third kappa shape index (κ3) is 4.15. The van der Waals surface area contributed by atoms with Crippen LogP contribution in [0, 0.1) is 6.92 Å². The number of hydrogen-bond donors (Lipinski definition) is 2. The number of aryl methyl sites for hydroxylation is 1. The van der Waals surface area contributed by atoms with Crippen LogP contribution in [-0.2, 0) is 25.3 Å². The molecule has 3 atom stereocenters. The van der Waals surface area contributed by atoms with Crippen LogP contribution in [0.1, 0.15) is 36.8 Å². The second-order valence-corrected chi connectivity index (χ2v) is 8.35. The van der Waals surface area contributed by atoms with E-state index in [9.17, 15) is 13.2 Å². The van der Waals surface area contributed by atoms with Gasteiger partial charge in [0.2, 0.25) is 15.9 Å². The molecule has 2 aliphatic heterocycles. The van der Waals surface area contributed by atoms with Crippen LogP contribution in [0.5, 0.6) is 0 Å². The standard InChI is InChI=1S/C17H24N2O4S/c1-12-5-2-3-6-13(12)11-24(21,22)19-14-8-9-16(20)18-17(14)15-7-4-10-23-15/h2-3,5-6,14-15,17,19H,4,7-11H2,1H3,(H,18,20)/t14-,15?,17-/m0/s1. The first-order valence-corrected chi connectivity index (χ1v) is 10.1. The van der Waals surface area contributed by atoms with Crippen molar-refractivity contribution in [3.05, 3.63) is 35.4 Å². The van der Waals surface area contributed by atoms with Crippen molar-refractivity contribution in [1.82, 2.24) is 10.0 Å². The van der Waals surface area contributed by atoms with Crippen molar-refractivity contribution >= 4 is 15.9 Å². The van der Waals surface area contributed by atoms with Crippen LogP contribution in [0.25, 0.3) is 0 Å². The van der Waals surface area contributed by atoms with Crippen LogP contribution in [0.2, 0.25) is 0 Å². The van der Waals surface area contributed by atoms with Crippen LogP contribution in [-0.4, -0.2) is 39.1 Å². The maximum Gasteiger partial charge on any atom is 0.220 e. The summed E-state index contributed by atoms with van der Waals surface area (Å²) in [5.41, 5.74) is 1.74. The molecule has 2 saturated heterocycles. The summed E-state index contributed by atoms with van der Waals surface area (Å²) in [4.78, 5) is 11.7. The molecule has 1 amide bonds. The van der Waals surface area contributed by atoms with Gasteiger partial charge in [0, 0.05) is 19.1 Å². The van der Waals surface area contributed by atoms with Crippen molar-refractivity contribution in [2.45, 2.75) is 56.5 Å². The number of amides is 1. The summed E-state index contributed by atoms with van der Waals surface area (Å²) in [6, 6.07) is 6.85. The molecule has 1 unspecified atom stereocenters. The van der Waals surface area contributed by atoms with E-state index in [4.69, 9.17) is 4.74 Å². The highest BCUT2D eigenvalue weighted by Crippen LogP contribution is 2.23. The van der Waals surface area contributed by atoms with Gasteiger partial charge in [-0.25, -0.2) is 13.1 Å². The SMILES string of the molecule is Cc1ccccc1CS(=O)(=O)N[C@H]1CCC(=O)N[C@@H]1C1CCCO1. The Morgan fingerprint density at radius 2 is 2.08 bits per heavy atom. The first-order chi connectivity index (χ1) is 11.4. The number of piperidine rings is 1. The van der Waals surface area contributed by atoms with Crippen LogP contribution < -0.4 is 10.0 Å². The average Bonchev–Trinajstić information content (AvgIpc) is 3.05. The Bertz CT molecular complexity index is 698. The molecule has 0 saturated carbocycles. The summed E-state index contributed by atoms with van der Waals surface area (Å²) in [7, 11) is -3.49. The van der Waals surface area contributed by atoms with Crippen LogP contribution in [0.15, 0.2) is 24.3 Å². The van der Waals surface area contributed by atoms with Gasteiger partial charge in [-0.3, -0.25) is 4.79 Å². The molecule has 24 heavy (non-hydrogen) atoms. The Hall–Kier alpha value is -1.44. The molecule has 3 rings (SSSR count). The largest absolute Gasteiger partial charge is 0.376 e. The highest BCUT2D eigenvalue weighted by molar-refractivity contribution is 7.88. The van der Waals surface area contributed by atoms with Gasteiger partial charge in [0.1, 0.15) is 0 Å². The molecule has 1 aromatic carbocycles. The molecule has 0 aliphatic carbocycles. The summed E-state index contributed by atoms with van der Waals surface area (Å²) in [6.45, 7) is 2.57. The summed E-state index contributed by atoms with van der Waals surface area (Å²) >= 11 is 0. The molecule has 132 valence electrons. The minimum absolute atomic E-state index is 0.0372. The van der Waals surface area contributed by atoms with E-state index in [0.29, 0.717) is 19.4 Å². The number of nitrogens with one attached hydrogen (secondary N) is 2. The Morgan fingerprint density at radius 3 is 2.79 bits per heavy atom. The van der Waals surface area contributed by atoms with Gasteiger partial charge in [-0.1, -0.05) is 24.3 Å². The monoisotopic (exact) mass is 352 g/mol. The number of sulfonamides is 1. The molecule has 0 spiro atoms. The predicted octanol–water partition coefficient (Wildman–Crippen LogP) is 1.24. The molecule has 6 nitrogen and oxygen atoms in total. The zero-order valence-corrected chi connectivity index (χ0v) is 14.6. The molecular formula is C17H24N2O4S. The number of ether oxygens (including phenoxy) is 1. The van der Waals surface area contributed by atoms with Crippen molar-refractivity contribution in [2.75, 3.05) is 6.61 Å². The van der Waals surface area contributed by atoms with Crippen LogP contribution in [0.3, 0.4) is 0 Å². The van der Waals surface area contributed by atoms with E-state index in [1.54, 1.807) is 0 Å². The smallest absolute Gasteiger partial charge is 0.220 e. The number of hydrogen-bond acceptors (Lipinski definition) is 4. The van der Waals surface area contributed by atoms with Crippen molar-refractivity contribution in [3.8, 4) is 0 Å². The van der Waals surface area contributed by atoms with E-state index in [2.05, 4.69) is 10.0 Å². The quantitative estimate of drug-likeness (QED) is 0.835. The molecule has 2 N–H and O–H groups in total. The van der Waals surface area contributed by atoms with Gasteiger partial charge in [0.15, 0.2) is 0 Å². The highest BCUT2D eigenvalue weighted by atomic mass is 32.2. The average molecular weight is 352 g/mol. The molecule has 7 heteroatoms. The predicted molar refractivity (Wildman–Crippen MR) is 90.9 cm³/mol. The maximum atomic E-state index is 12.6. The lowest BCUT2D eigenvalue weighted by Crippen LogP contribution is -2.60. The van der Waals surface area contributed by atoms with Gasteiger partial charge in [-0.15, -0.1) is 0 Å². The van der Waals surface area contributed by atoms with E-state index in [1.807, 2.05) is 31.2 Å². The molecule has 2 heterocycles. The molecule has 0 aromatic heterocycles. The van der Waals surface area contributed by atoms with Gasteiger partial charge in [0.05, 0.1) is 17.9 Å². The van der Waals surface area contributed by atoms with Gasteiger partial charge >= 0.3 is 0 Å². The highest BCUT2D eigenvalue weighted by Gasteiger charge is 2.38. The lowest BCUT2D eigenvalue weighted by molar-refractivity contribution is -0.125. The molecule has 2 fully saturated rings.